The topological polar surface area (TPSA) is 49.8 Å². The number of rotatable bonds is 6. The van der Waals surface area contributed by atoms with Crippen LogP contribution in [-0.4, -0.2) is 29.3 Å². The fraction of sp³-hybridized carbons (Fsp3) is 0.381. The number of hydrogen-bond acceptors (Lipinski definition) is 3. The number of aliphatic hydroxyl groups is 1. The third-order valence-corrected chi connectivity index (χ3v) is 5.73. The minimum absolute atomic E-state index is 0.0134. The minimum atomic E-state index is -0.830. The molecule has 27 heavy (non-hydrogen) atoms. The van der Waals surface area contributed by atoms with Crippen molar-refractivity contribution in [1.82, 2.24) is 4.90 Å². The van der Waals surface area contributed by atoms with Crippen molar-refractivity contribution in [2.75, 3.05) is 13.2 Å². The normalized spacial score (nSPS) is 21.0. The number of benzene rings is 2. The number of nitrogens with zero attached hydrogens (tertiary/aromatic N) is 1. The number of aliphatic hydroxyl groups excluding tert-OH is 1. The Morgan fingerprint density at radius 2 is 1.89 bits per heavy atom. The molecule has 0 bridgehead atoms. The summed E-state index contributed by atoms with van der Waals surface area (Å²) in [6.45, 7) is 2.52. The van der Waals surface area contributed by atoms with Crippen LogP contribution in [0.5, 0.6) is 0 Å². The van der Waals surface area contributed by atoms with E-state index in [-0.39, 0.29) is 24.6 Å². The molecule has 1 aliphatic rings. The molecular formula is C21H23BrFNO3. The summed E-state index contributed by atoms with van der Waals surface area (Å²) in [5.41, 5.74) is 0.963. The van der Waals surface area contributed by atoms with E-state index in [0.717, 1.165) is 15.6 Å². The minimum Gasteiger partial charge on any atom is -0.438 e. The van der Waals surface area contributed by atoms with Gasteiger partial charge in [-0.05, 0) is 55.2 Å². The highest BCUT2D eigenvalue weighted by molar-refractivity contribution is 9.10. The zero-order valence-electron chi connectivity index (χ0n) is 15.2. The van der Waals surface area contributed by atoms with Gasteiger partial charge in [-0.1, -0.05) is 40.2 Å². The molecule has 1 amide bonds. The van der Waals surface area contributed by atoms with E-state index in [1.807, 2.05) is 31.2 Å². The summed E-state index contributed by atoms with van der Waals surface area (Å²) in [5, 5.41) is 9.26. The van der Waals surface area contributed by atoms with Crippen molar-refractivity contribution in [3.8, 4) is 0 Å². The SMILES string of the molecule is CC(c1ccc(Br)cc1)N1CCC(CCCO)(c2ccc(F)cc2)OC1=O. The van der Waals surface area contributed by atoms with Gasteiger partial charge < -0.3 is 14.7 Å². The van der Waals surface area contributed by atoms with Crippen LogP contribution in [0.1, 0.15) is 43.4 Å². The maximum Gasteiger partial charge on any atom is 0.411 e. The number of cyclic esters (lactones) is 1. The average molecular weight is 436 g/mol. The summed E-state index contributed by atoms with van der Waals surface area (Å²) in [5.74, 6) is -0.330. The number of ether oxygens (including phenoxy) is 1. The lowest BCUT2D eigenvalue weighted by Gasteiger charge is -2.43. The van der Waals surface area contributed by atoms with Gasteiger partial charge in [0.15, 0.2) is 0 Å². The molecule has 2 atom stereocenters. The van der Waals surface area contributed by atoms with E-state index < -0.39 is 5.60 Å². The fourth-order valence-electron chi connectivity index (χ4n) is 3.58. The Bertz CT molecular complexity index is 781. The van der Waals surface area contributed by atoms with E-state index in [0.29, 0.717) is 25.8 Å². The average Bonchev–Trinajstić information content (AvgIpc) is 2.67. The first kappa shape index (κ1) is 19.8. The fourth-order valence-corrected chi connectivity index (χ4v) is 3.85. The predicted molar refractivity (Wildman–Crippen MR) is 105 cm³/mol. The number of halogens is 2. The molecule has 4 nitrogen and oxygen atoms in total. The van der Waals surface area contributed by atoms with E-state index in [1.165, 1.54) is 12.1 Å². The number of carbonyl (C=O) groups excluding carboxylic acids is 1. The molecule has 0 spiro atoms. The zero-order valence-corrected chi connectivity index (χ0v) is 16.8. The van der Waals surface area contributed by atoms with E-state index in [1.54, 1.807) is 17.0 Å². The van der Waals surface area contributed by atoms with E-state index in [2.05, 4.69) is 15.9 Å². The summed E-state index contributed by atoms with van der Waals surface area (Å²) in [6, 6.07) is 13.8. The molecule has 1 aliphatic heterocycles. The van der Waals surface area contributed by atoms with E-state index >= 15 is 0 Å². The van der Waals surface area contributed by atoms with Gasteiger partial charge >= 0.3 is 6.09 Å². The summed E-state index contributed by atoms with van der Waals surface area (Å²) in [6.07, 6.45) is 1.21. The van der Waals surface area contributed by atoms with Crippen molar-refractivity contribution in [3.63, 3.8) is 0 Å². The van der Waals surface area contributed by atoms with Gasteiger partial charge in [-0.2, -0.15) is 0 Å². The Labute approximate surface area is 167 Å². The van der Waals surface area contributed by atoms with Crippen LogP contribution < -0.4 is 0 Å². The van der Waals surface area contributed by atoms with Crippen LogP contribution in [-0.2, 0) is 10.3 Å². The molecule has 2 unspecified atom stereocenters. The molecule has 3 rings (SSSR count). The molecule has 6 heteroatoms. The van der Waals surface area contributed by atoms with Crippen LogP contribution in [0.3, 0.4) is 0 Å². The van der Waals surface area contributed by atoms with Gasteiger partial charge in [0.1, 0.15) is 11.4 Å². The van der Waals surface area contributed by atoms with Gasteiger partial charge in [-0.25, -0.2) is 9.18 Å². The lowest BCUT2D eigenvalue weighted by atomic mass is 9.84. The molecule has 1 N–H and O–H groups in total. The van der Waals surface area contributed by atoms with Crippen LogP contribution in [0.2, 0.25) is 0 Å². The lowest BCUT2D eigenvalue weighted by Crippen LogP contribution is -2.48. The highest BCUT2D eigenvalue weighted by Crippen LogP contribution is 2.40. The van der Waals surface area contributed by atoms with Gasteiger partial charge in [-0.3, -0.25) is 0 Å². The van der Waals surface area contributed by atoms with E-state index in [4.69, 9.17) is 4.74 Å². The lowest BCUT2D eigenvalue weighted by molar-refractivity contribution is -0.0680. The van der Waals surface area contributed by atoms with Crippen LogP contribution in [0.15, 0.2) is 53.0 Å². The van der Waals surface area contributed by atoms with Crippen LogP contribution in [0.25, 0.3) is 0 Å². The second kappa shape index (κ2) is 8.40. The number of hydrogen-bond donors (Lipinski definition) is 1. The zero-order chi connectivity index (χ0) is 19.4. The highest BCUT2D eigenvalue weighted by Gasteiger charge is 2.43. The maximum atomic E-state index is 13.3. The first-order valence-corrected chi connectivity index (χ1v) is 9.86. The Balaban J connectivity index is 1.81. The first-order chi connectivity index (χ1) is 12.9. The largest absolute Gasteiger partial charge is 0.438 e. The molecule has 1 heterocycles. The standard InChI is InChI=1S/C21H23BrFNO3/c1-15(16-3-7-18(22)8-4-16)24-13-12-21(11-2-14-25,27-20(24)26)17-5-9-19(23)10-6-17/h3-10,15,25H,2,11-14H2,1H3. The summed E-state index contributed by atoms with van der Waals surface area (Å²) < 4.78 is 20.2. The molecule has 2 aromatic carbocycles. The van der Waals surface area contributed by atoms with Gasteiger partial charge in [-0.15, -0.1) is 0 Å². The molecular weight excluding hydrogens is 413 g/mol. The molecule has 0 aliphatic carbocycles. The number of carbonyl (C=O) groups is 1. The molecule has 1 saturated heterocycles. The van der Waals surface area contributed by atoms with Crippen LogP contribution >= 0.6 is 15.9 Å². The molecule has 2 aromatic rings. The number of amides is 1. The maximum absolute atomic E-state index is 13.3. The Kier molecular flexibility index (Phi) is 6.17. The van der Waals surface area contributed by atoms with Crippen molar-refractivity contribution < 1.29 is 19.0 Å². The quantitative estimate of drug-likeness (QED) is 0.681. The van der Waals surface area contributed by atoms with Crippen LogP contribution in [0, 0.1) is 5.82 Å². The highest BCUT2D eigenvalue weighted by atomic mass is 79.9. The summed E-state index contributed by atoms with van der Waals surface area (Å²) in [7, 11) is 0. The monoisotopic (exact) mass is 435 g/mol. The van der Waals surface area contributed by atoms with Gasteiger partial charge in [0.2, 0.25) is 0 Å². The van der Waals surface area contributed by atoms with Crippen LogP contribution in [0.4, 0.5) is 9.18 Å². The van der Waals surface area contributed by atoms with Crippen molar-refractivity contribution in [3.05, 3.63) is 69.9 Å². The van der Waals surface area contributed by atoms with Crippen molar-refractivity contribution in [2.24, 2.45) is 0 Å². The second-order valence-electron chi connectivity index (χ2n) is 6.87. The Hall–Kier alpha value is -1.92. The molecule has 0 radical (unpaired) electrons. The smallest absolute Gasteiger partial charge is 0.411 e. The molecule has 0 aromatic heterocycles. The van der Waals surface area contributed by atoms with E-state index in [9.17, 15) is 14.3 Å². The molecule has 144 valence electrons. The molecule has 0 saturated carbocycles. The summed E-state index contributed by atoms with van der Waals surface area (Å²) >= 11 is 3.42. The Morgan fingerprint density at radius 1 is 1.22 bits per heavy atom. The second-order valence-corrected chi connectivity index (χ2v) is 7.78. The van der Waals surface area contributed by atoms with Crippen molar-refractivity contribution in [1.29, 1.82) is 0 Å². The third-order valence-electron chi connectivity index (χ3n) is 5.20. The predicted octanol–water partition coefficient (Wildman–Crippen LogP) is 5.16. The third kappa shape index (κ3) is 4.33. The summed E-state index contributed by atoms with van der Waals surface area (Å²) in [4.78, 5) is 14.6. The van der Waals surface area contributed by atoms with Crippen molar-refractivity contribution in [2.45, 2.75) is 37.8 Å². The van der Waals surface area contributed by atoms with Gasteiger partial charge in [0.25, 0.3) is 0 Å². The van der Waals surface area contributed by atoms with Crippen molar-refractivity contribution >= 4 is 22.0 Å². The van der Waals surface area contributed by atoms with Gasteiger partial charge in [0, 0.05) is 24.0 Å². The first-order valence-electron chi connectivity index (χ1n) is 9.07. The van der Waals surface area contributed by atoms with Gasteiger partial charge in [0.05, 0.1) is 6.04 Å². The Morgan fingerprint density at radius 3 is 2.48 bits per heavy atom. The molecule has 1 fully saturated rings.